The van der Waals surface area contributed by atoms with Crippen molar-refractivity contribution < 1.29 is 138 Å². The van der Waals surface area contributed by atoms with Crippen molar-refractivity contribution in [3.05, 3.63) is 12.2 Å². The van der Waals surface area contributed by atoms with Crippen molar-refractivity contribution in [1.29, 1.82) is 0 Å². The molecule has 0 saturated carbocycles. The third-order valence-electron chi connectivity index (χ3n) is 9.76. The van der Waals surface area contributed by atoms with E-state index >= 15 is 0 Å². The van der Waals surface area contributed by atoms with E-state index in [0.717, 1.165) is 24.0 Å². The molecule has 330 valence electrons. The van der Waals surface area contributed by atoms with Gasteiger partial charge >= 0.3 is 35.5 Å². The van der Waals surface area contributed by atoms with Crippen LogP contribution in [0.25, 0.3) is 0 Å². The predicted molar refractivity (Wildman–Crippen MR) is 181 cm³/mol. The van der Waals surface area contributed by atoms with E-state index in [1.165, 1.54) is 0 Å². The number of aliphatic hydroxyl groups is 10. The summed E-state index contributed by atoms with van der Waals surface area (Å²) in [5.41, 5.74) is 0. The zero-order valence-corrected chi connectivity index (χ0v) is 34.0. The van der Waals surface area contributed by atoms with Crippen LogP contribution in [-0.4, -0.2) is 228 Å². The molecule has 16 atom stereocenters. The number of hydrogen-bond donors (Lipinski definition) is 12. The Bertz CT molecular complexity index is 1470. The van der Waals surface area contributed by atoms with Gasteiger partial charge < -0.3 is 95.0 Å². The summed E-state index contributed by atoms with van der Waals surface area (Å²) in [5.74, 6) is -7.41. The number of carboxylic acids is 1. The predicted octanol–water partition coefficient (Wildman–Crippen LogP) is -11.7. The van der Waals surface area contributed by atoms with Crippen LogP contribution < -0.4 is 40.0 Å². The summed E-state index contributed by atoms with van der Waals surface area (Å²) in [5, 5.41) is 130. The van der Waals surface area contributed by atoms with Gasteiger partial charge in [0.1, 0.15) is 73.2 Å². The van der Waals surface area contributed by atoms with Crippen LogP contribution in [-0.2, 0) is 47.6 Å². The van der Waals surface area contributed by atoms with Gasteiger partial charge in [0.15, 0.2) is 12.6 Å². The molecule has 59 heavy (non-hydrogen) atoms. The van der Waals surface area contributed by atoms with E-state index in [0.29, 0.717) is 0 Å². The van der Waals surface area contributed by atoms with E-state index in [1.807, 2.05) is 0 Å². The largest absolute Gasteiger partial charge is 1.00 e. The Morgan fingerprint density at radius 3 is 2.17 bits per heavy atom. The maximum Gasteiger partial charge on any atom is 1.00 e. The van der Waals surface area contributed by atoms with Crippen molar-refractivity contribution in [2.75, 3.05) is 39.5 Å². The quantitative estimate of drug-likeness (QED) is 0.0189. The molecule has 0 aromatic heterocycles. The van der Waals surface area contributed by atoms with Crippen molar-refractivity contribution in [2.24, 2.45) is 4.99 Å². The monoisotopic (exact) mass is 863 g/mol. The Balaban J connectivity index is 0.00000930. The van der Waals surface area contributed by atoms with Crippen molar-refractivity contribution in [3.8, 4) is 0 Å². The van der Waals surface area contributed by atoms with Gasteiger partial charge in [0.2, 0.25) is 5.91 Å². The maximum atomic E-state index is 12.7. The standard InChI is InChI=1S/C33H51N3O22.Na/c1-13(40)35-21-14(41)9-33(32(51)52,57-28(21)22(46)15(42)10-37)58-29-23(47)16(11-38)54-31(26(29)50)56-27-17(12-39)55-30(25(49)24(27)48)53-8-6-34-18(43)3-2-7-36-19(44)4-5-20(36)45;/h4-5,14-17,21-31,37-39,41-42,46-50H,2-3,6-12H2,1H3,(H,34,43)(H,35,40)(H,51,52);/q;+1/p-1/t14-,15+,16+,17+,21+,22+,23-,24+,25+,26+,27+,28+,29-,30+,31-,33-;/m0./s1. The van der Waals surface area contributed by atoms with Crippen LogP contribution >= 0.6 is 0 Å². The van der Waals surface area contributed by atoms with E-state index in [4.69, 9.17) is 28.4 Å². The van der Waals surface area contributed by atoms with Crippen molar-refractivity contribution in [3.63, 3.8) is 0 Å². The molecular formula is C33H50N3NaO22. The summed E-state index contributed by atoms with van der Waals surface area (Å²) in [7, 11) is 0. The summed E-state index contributed by atoms with van der Waals surface area (Å²) in [4.78, 5) is 52.8. The van der Waals surface area contributed by atoms with Gasteiger partial charge in [0, 0.05) is 38.1 Å². The fraction of sp³-hybridized carbons (Fsp3) is 0.788. The summed E-state index contributed by atoms with van der Waals surface area (Å²) in [6.45, 7) is -2.39. The number of carboxylic acid groups (broad SMARTS) is 1. The minimum atomic E-state index is -3.09. The number of hydrogen-bond acceptors (Lipinski definition) is 22. The molecule has 25 nitrogen and oxygen atoms in total. The van der Waals surface area contributed by atoms with Crippen LogP contribution in [0.4, 0.5) is 0 Å². The van der Waals surface area contributed by atoms with Crippen molar-refractivity contribution >= 4 is 29.6 Å². The number of ether oxygens (including phenoxy) is 6. The topological polar surface area (TPSA) is 397 Å². The second-order valence-electron chi connectivity index (χ2n) is 13.9. The first kappa shape index (κ1) is 51.0. The molecule has 0 unspecified atom stereocenters. The second kappa shape index (κ2) is 22.7. The molecule has 0 radical (unpaired) electrons. The molecule has 0 aliphatic carbocycles. The molecule has 3 amide bonds. The van der Waals surface area contributed by atoms with Gasteiger partial charge in [-0.3, -0.25) is 24.3 Å². The molecule has 4 heterocycles. The number of aliphatic imine (C=N–C) groups is 1. The van der Waals surface area contributed by atoms with E-state index in [9.17, 15) is 80.5 Å². The zero-order chi connectivity index (χ0) is 43.1. The van der Waals surface area contributed by atoms with Crippen LogP contribution in [0, 0.1) is 0 Å². The Morgan fingerprint density at radius 1 is 0.966 bits per heavy atom. The minimum absolute atomic E-state index is 0. The second-order valence-corrected chi connectivity index (χ2v) is 13.9. The van der Waals surface area contributed by atoms with Crippen molar-refractivity contribution in [2.45, 2.75) is 124 Å². The molecule has 26 heteroatoms. The van der Waals surface area contributed by atoms with Crippen LogP contribution in [0.3, 0.4) is 0 Å². The molecule has 0 spiro atoms. The number of imide groups is 1. The first-order chi connectivity index (χ1) is 27.4. The Hall–Kier alpha value is -2.35. The number of amides is 3. The number of rotatable bonds is 19. The molecule has 3 fully saturated rings. The molecule has 4 aliphatic rings. The SMILES string of the molecule is CC([O-])=N[C@H]1[C@H]([C@H](O)[C@H](O)CO)O[C@@](O[C@H]2[C@@H](O)[C@@H](CO)O[C@@H](O[C@H]3[C@H](O)[C@@H](O)[C@H](OCCNC(=O)CCCN4C(=O)C=CC4=O)O[C@@H]3CO)[C@@H]2O)(C(=O)O)C[C@@H]1O.[Na+]. The Morgan fingerprint density at radius 2 is 1.59 bits per heavy atom. The van der Waals surface area contributed by atoms with Gasteiger partial charge in [-0.05, 0) is 19.2 Å². The minimum Gasteiger partial charge on any atom is -0.862 e. The van der Waals surface area contributed by atoms with Gasteiger partial charge in [0.25, 0.3) is 17.6 Å². The van der Waals surface area contributed by atoms with Crippen LogP contribution in [0.1, 0.15) is 26.2 Å². The summed E-state index contributed by atoms with van der Waals surface area (Å²) in [6, 6.07) is -1.70. The average molecular weight is 864 g/mol. The van der Waals surface area contributed by atoms with Crippen molar-refractivity contribution in [1.82, 2.24) is 10.2 Å². The molecule has 12 N–H and O–H groups in total. The van der Waals surface area contributed by atoms with Crippen LogP contribution in [0.5, 0.6) is 0 Å². The fourth-order valence-corrected chi connectivity index (χ4v) is 6.73. The first-order valence-electron chi connectivity index (χ1n) is 18.2. The molecule has 0 aromatic rings. The van der Waals surface area contributed by atoms with Gasteiger partial charge in [-0.2, -0.15) is 0 Å². The number of aliphatic carboxylic acids is 1. The van der Waals surface area contributed by atoms with Gasteiger partial charge in [-0.1, -0.05) is 0 Å². The number of aliphatic hydroxyl groups excluding tert-OH is 10. The number of nitrogens with zero attached hydrogens (tertiary/aromatic N) is 2. The number of carbonyl (C=O) groups is 4. The normalized spacial score (nSPS) is 37.5. The molecule has 0 aromatic carbocycles. The van der Waals surface area contributed by atoms with E-state index in [2.05, 4.69) is 10.3 Å². The first-order valence-corrected chi connectivity index (χ1v) is 18.2. The zero-order valence-electron chi connectivity index (χ0n) is 32.0. The molecule has 4 aliphatic heterocycles. The third kappa shape index (κ3) is 12.2. The molecule has 4 rings (SSSR count). The summed E-state index contributed by atoms with van der Waals surface area (Å²) >= 11 is 0. The fourth-order valence-electron chi connectivity index (χ4n) is 6.73. The van der Waals surface area contributed by atoms with Gasteiger partial charge in [-0.15, -0.1) is 0 Å². The molecular weight excluding hydrogens is 813 g/mol. The van der Waals surface area contributed by atoms with Crippen LogP contribution in [0.2, 0.25) is 0 Å². The van der Waals surface area contributed by atoms with E-state index in [1.54, 1.807) is 0 Å². The van der Waals surface area contributed by atoms with E-state index in [-0.39, 0.29) is 62.1 Å². The summed E-state index contributed by atoms with van der Waals surface area (Å²) in [6.07, 6.45) is -25.9. The number of carbonyl (C=O) groups excluding carboxylic acids is 3. The molecule has 0 bridgehead atoms. The van der Waals surface area contributed by atoms with Gasteiger partial charge in [0.05, 0.1) is 32.5 Å². The summed E-state index contributed by atoms with van der Waals surface area (Å²) < 4.78 is 33.3. The maximum absolute atomic E-state index is 12.7. The van der Waals surface area contributed by atoms with Crippen LogP contribution in [0.15, 0.2) is 17.1 Å². The molecule has 3 saturated heterocycles. The van der Waals surface area contributed by atoms with Gasteiger partial charge in [-0.25, -0.2) is 4.79 Å². The number of nitrogens with one attached hydrogen (secondary N) is 1. The average Bonchev–Trinajstić information content (AvgIpc) is 3.50. The van der Waals surface area contributed by atoms with E-state index < -0.39 is 153 Å². The third-order valence-corrected chi connectivity index (χ3v) is 9.76. The smallest absolute Gasteiger partial charge is 0.862 e. The Labute approximate surface area is 357 Å². The Kier molecular flexibility index (Phi) is 19.6.